The van der Waals surface area contributed by atoms with Crippen LogP contribution in [0.5, 0.6) is 11.5 Å². The standard InChI is InChI=1S/C20H22N2O3/c23-20(22-12-13-24-19-6-2-1-5-18(19)22)15-7-9-16(10-8-15)25-17-4-3-11-21-14-17/h3-4,7-11,14,18-19H,1-2,5-6,12-13H2/t18-,19+/m0/s1. The second-order valence-corrected chi connectivity index (χ2v) is 6.57. The molecule has 1 saturated heterocycles. The normalized spacial score (nSPS) is 23.0. The molecule has 2 heterocycles. The maximum absolute atomic E-state index is 12.9. The summed E-state index contributed by atoms with van der Waals surface area (Å²) in [6, 6.07) is 11.2. The number of benzene rings is 1. The third kappa shape index (κ3) is 3.51. The lowest BCUT2D eigenvalue weighted by Gasteiger charge is -2.43. The van der Waals surface area contributed by atoms with Crippen molar-refractivity contribution in [2.24, 2.45) is 0 Å². The molecule has 1 aromatic heterocycles. The van der Waals surface area contributed by atoms with Crippen LogP contribution in [0.2, 0.25) is 0 Å². The van der Waals surface area contributed by atoms with Crippen molar-refractivity contribution in [1.29, 1.82) is 0 Å². The van der Waals surface area contributed by atoms with Gasteiger partial charge in [0.15, 0.2) is 0 Å². The van der Waals surface area contributed by atoms with Crippen LogP contribution in [0.3, 0.4) is 0 Å². The highest BCUT2D eigenvalue weighted by Crippen LogP contribution is 2.30. The molecule has 0 spiro atoms. The second-order valence-electron chi connectivity index (χ2n) is 6.57. The van der Waals surface area contributed by atoms with Crippen molar-refractivity contribution in [3.63, 3.8) is 0 Å². The van der Waals surface area contributed by atoms with Crippen LogP contribution in [0.1, 0.15) is 36.0 Å². The topological polar surface area (TPSA) is 51.7 Å². The molecule has 130 valence electrons. The van der Waals surface area contributed by atoms with E-state index in [4.69, 9.17) is 9.47 Å². The van der Waals surface area contributed by atoms with Gasteiger partial charge in [-0.1, -0.05) is 12.8 Å². The molecule has 5 heteroatoms. The summed E-state index contributed by atoms with van der Waals surface area (Å²) in [6.07, 6.45) is 8.05. The zero-order chi connectivity index (χ0) is 17.1. The van der Waals surface area contributed by atoms with Crippen molar-refractivity contribution in [2.45, 2.75) is 37.8 Å². The van der Waals surface area contributed by atoms with Gasteiger partial charge in [-0.25, -0.2) is 0 Å². The number of carbonyl (C=O) groups is 1. The molecule has 5 nitrogen and oxygen atoms in total. The fourth-order valence-electron chi connectivity index (χ4n) is 3.72. The van der Waals surface area contributed by atoms with Gasteiger partial charge in [-0.3, -0.25) is 9.78 Å². The largest absolute Gasteiger partial charge is 0.456 e. The number of nitrogens with zero attached hydrogens (tertiary/aromatic N) is 2. The number of ether oxygens (including phenoxy) is 2. The Morgan fingerprint density at radius 1 is 1.12 bits per heavy atom. The molecule has 2 aliphatic rings. The Bertz CT molecular complexity index is 715. The molecule has 1 saturated carbocycles. The van der Waals surface area contributed by atoms with Crippen molar-refractivity contribution in [1.82, 2.24) is 9.88 Å². The maximum atomic E-state index is 12.9. The van der Waals surface area contributed by atoms with E-state index in [1.165, 1.54) is 12.8 Å². The first-order chi connectivity index (χ1) is 12.3. The highest BCUT2D eigenvalue weighted by Gasteiger charge is 2.36. The van der Waals surface area contributed by atoms with Crippen molar-refractivity contribution >= 4 is 5.91 Å². The highest BCUT2D eigenvalue weighted by molar-refractivity contribution is 5.94. The molecular formula is C20H22N2O3. The maximum Gasteiger partial charge on any atom is 0.254 e. The average molecular weight is 338 g/mol. The van der Waals surface area contributed by atoms with E-state index in [-0.39, 0.29) is 18.1 Å². The quantitative estimate of drug-likeness (QED) is 0.857. The van der Waals surface area contributed by atoms with Gasteiger partial charge in [0.25, 0.3) is 5.91 Å². The lowest BCUT2D eigenvalue weighted by Crippen LogP contribution is -2.54. The third-order valence-electron chi connectivity index (χ3n) is 4.96. The van der Waals surface area contributed by atoms with Gasteiger partial charge in [-0.05, 0) is 49.2 Å². The zero-order valence-corrected chi connectivity index (χ0v) is 14.1. The number of aromatic nitrogens is 1. The number of hydrogen-bond donors (Lipinski definition) is 0. The van der Waals surface area contributed by atoms with Crippen molar-refractivity contribution in [3.05, 3.63) is 54.4 Å². The molecule has 1 aromatic carbocycles. The lowest BCUT2D eigenvalue weighted by molar-refractivity contribution is -0.0752. The molecule has 25 heavy (non-hydrogen) atoms. The van der Waals surface area contributed by atoms with Crippen LogP contribution >= 0.6 is 0 Å². The lowest BCUT2D eigenvalue weighted by atomic mass is 9.89. The Kier molecular flexibility index (Phi) is 4.65. The first-order valence-corrected chi connectivity index (χ1v) is 8.92. The molecule has 1 aliphatic carbocycles. The number of morpholine rings is 1. The molecule has 1 amide bonds. The van der Waals surface area contributed by atoms with Gasteiger partial charge in [-0.2, -0.15) is 0 Å². The van der Waals surface area contributed by atoms with Crippen LogP contribution in [0, 0.1) is 0 Å². The van der Waals surface area contributed by atoms with Gasteiger partial charge in [0.2, 0.25) is 0 Å². The van der Waals surface area contributed by atoms with Crippen LogP contribution in [-0.2, 0) is 4.74 Å². The fourth-order valence-corrected chi connectivity index (χ4v) is 3.72. The summed E-state index contributed by atoms with van der Waals surface area (Å²) in [5.74, 6) is 1.47. The first-order valence-electron chi connectivity index (χ1n) is 8.92. The monoisotopic (exact) mass is 338 g/mol. The van der Waals surface area contributed by atoms with Crippen molar-refractivity contribution in [3.8, 4) is 11.5 Å². The summed E-state index contributed by atoms with van der Waals surface area (Å²) in [7, 11) is 0. The molecule has 0 unspecified atom stereocenters. The predicted octanol–water partition coefficient (Wildman–Crippen LogP) is 3.66. The molecule has 0 bridgehead atoms. The third-order valence-corrected chi connectivity index (χ3v) is 4.96. The molecule has 4 rings (SSSR count). The van der Waals surface area contributed by atoms with Gasteiger partial charge in [0.1, 0.15) is 11.5 Å². The predicted molar refractivity (Wildman–Crippen MR) is 93.8 cm³/mol. The summed E-state index contributed by atoms with van der Waals surface area (Å²) >= 11 is 0. The first kappa shape index (κ1) is 16.1. The number of amides is 1. The van der Waals surface area contributed by atoms with Gasteiger partial charge in [-0.15, -0.1) is 0 Å². The number of hydrogen-bond acceptors (Lipinski definition) is 4. The Hall–Kier alpha value is -2.40. The summed E-state index contributed by atoms with van der Waals surface area (Å²) in [6.45, 7) is 1.31. The SMILES string of the molecule is O=C(c1ccc(Oc2cccnc2)cc1)N1CCO[C@@H]2CCCC[C@@H]21. The Morgan fingerprint density at radius 3 is 2.76 bits per heavy atom. The van der Waals surface area contributed by atoms with E-state index >= 15 is 0 Å². The van der Waals surface area contributed by atoms with Crippen LogP contribution in [0.25, 0.3) is 0 Å². The minimum atomic E-state index is 0.0909. The zero-order valence-electron chi connectivity index (χ0n) is 14.1. The Morgan fingerprint density at radius 2 is 1.96 bits per heavy atom. The molecule has 2 aromatic rings. The van der Waals surface area contributed by atoms with E-state index < -0.39 is 0 Å². The van der Waals surface area contributed by atoms with E-state index in [0.717, 1.165) is 12.8 Å². The number of carbonyl (C=O) groups excluding carboxylic acids is 1. The van der Waals surface area contributed by atoms with Crippen LogP contribution in [0.15, 0.2) is 48.8 Å². The molecule has 2 atom stereocenters. The van der Waals surface area contributed by atoms with E-state index in [1.54, 1.807) is 12.4 Å². The van der Waals surface area contributed by atoms with Crippen LogP contribution in [0.4, 0.5) is 0 Å². The molecule has 0 radical (unpaired) electrons. The highest BCUT2D eigenvalue weighted by atomic mass is 16.5. The Labute approximate surface area is 147 Å². The van der Waals surface area contributed by atoms with E-state index in [1.807, 2.05) is 41.3 Å². The van der Waals surface area contributed by atoms with E-state index in [9.17, 15) is 4.79 Å². The van der Waals surface area contributed by atoms with Gasteiger partial charge in [0, 0.05) is 18.3 Å². The average Bonchev–Trinajstić information content (AvgIpc) is 2.68. The summed E-state index contributed by atoms with van der Waals surface area (Å²) in [5, 5.41) is 0. The number of rotatable bonds is 3. The second kappa shape index (κ2) is 7.23. The number of fused-ring (bicyclic) bond motifs is 1. The summed E-state index contributed by atoms with van der Waals surface area (Å²) in [4.78, 5) is 19.0. The number of pyridine rings is 1. The van der Waals surface area contributed by atoms with Crippen LogP contribution < -0.4 is 4.74 Å². The van der Waals surface area contributed by atoms with Gasteiger partial charge < -0.3 is 14.4 Å². The summed E-state index contributed by atoms with van der Waals surface area (Å²) in [5.41, 5.74) is 0.699. The Balaban J connectivity index is 1.46. The van der Waals surface area contributed by atoms with Crippen molar-refractivity contribution in [2.75, 3.05) is 13.2 Å². The molecular weight excluding hydrogens is 316 g/mol. The van der Waals surface area contributed by atoms with E-state index in [0.29, 0.717) is 30.2 Å². The van der Waals surface area contributed by atoms with Crippen LogP contribution in [-0.4, -0.2) is 41.1 Å². The van der Waals surface area contributed by atoms with Gasteiger partial charge >= 0.3 is 0 Å². The van der Waals surface area contributed by atoms with Crippen molar-refractivity contribution < 1.29 is 14.3 Å². The van der Waals surface area contributed by atoms with E-state index in [2.05, 4.69) is 4.98 Å². The smallest absolute Gasteiger partial charge is 0.254 e. The fraction of sp³-hybridized carbons (Fsp3) is 0.400. The molecule has 1 aliphatic heterocycles. The molecule has 2 fully saturated rings. The van der Waals surface area contributed by atoms with Gasteiger partial charge in [0.05, 0.1) is 24.9 Å². The summed E-state index contributed by atoms with van der Waals surface area (Å²) < 4.78 is 11.6. The minimum Gasteiger partial charge on any atom is -0.456 e. The molecule has 0 N–H and O–H groups in total. The minimum absolute atomic E-state index is 0.0909.